The van der Waals surface area contributed by atoms with Crippen molar-refractivity contribution in [2.24, 2.45) is 0 Å². The van der Waals surface area contributed by atoms with E-state index in [9.17, 15) is 9.59 Å². The van der Waals surface area contributed by atoms with E-state index in [0.29, 0.717) is 18.2 Å². The van der Waals surface area contributed by atoms with Crippen LogP contribution >= 0.6 is 11.8 Å². The molecule has 0 aliphatic heterocycles. The van der Waals surface area contributed by atoms with Crippen LogP contribution in [0.4, 0.5) is 4.79 Å². The van der Waals surface area contributed by atoms with Gasteiger partial charge < -0.3 is 9.88 Å². The molecular formula is C21H23N5O2S. The minimum absolute atomic E-state index is 0.0741. The van der Waals surface area contributed by atoms with Crippen molar-refractivity contribution in [1.29, 1.82) is 0 Å². The molecule has 7 nitrogen and oxygen atoms in total. The fourth-order valence-electron chi connectivity index (χ4n) is 2.79. The number of imide groups is 1. The number of hydrogen-bond acceptors (Lipinski definition) is 5. The lowest BCUT2D eigenvalue weighted by Gasteiger charge is -2.08. The average Bonchev–Trinajstić information content (AvgIpc) is 3.14. The molecule has 0 aliphatic carbocycles. The van der Waals surface area contributed by atoms with Gasteiger partial charge in [0.15, 0.2) is 11.0 Å². The normalized spacial score (nSPS) is 10.6. The predicted molar refractivity (Wildman–Crippen MR) is 113 cm³/mol. The van der Waals surface area contributed by atoms with Crippen LogP contribution in [0, 0.1) is 6.92 Å². The smallest absolute Gasteiger partial charge is 0.321 e. The van der Waals surface area contributed by atoms with E-state index in [2.05, 4.69) is 26.9 Å². The summed E-state index contributed by atoms with van der Waals surface area (Å²) in [5.41, 5.74) is 3.09. The molecule has 150 valence electrons. The molecule has 0 unspecified atom stereocenters. The van der Waals surface area contributed by atoms with Gasteiger partial charge in [0.1, 0.15) is 0 Å². The molecule has 2 aromatic carbocycles. The van der Waals surface area contributed by atoms with Crippen LogP contribution in [-0.4, -0.2) is 32.5 Å². The summed E-state index contributed by atoms with van der Waals surface area (Å²) < 4.78 is 1.96. The first-order chi connectivity index (χ1) is 14.1. The van der Waals surface area contributed by atoms with Gasteiger partial charge in [0.25, 0.3) is 0 Å². The highest BCUT2D eigenvalue weighted by molar-refractivity contribution is 7.99. The third-order valence-corrected chi connectivity index (χ3v) is 5.16. The van der Waals surface area contributed by atoms with E-state index >= 15 is 0 Å². The van der Waals surface area contributed by atoms with Crippen molar-refractivity contribution in [3.8, 4) is 11.4 Å². The van der Waals surface area contributed by atoms with Crippen LogP contribution in [0.15, 0.2) is 59.8 Å². The number of thioether (sulfide) groups is 1. The first-order valence-electron chi connectivity index (χ1n) is 9.31. The number of amides is 3. The highest BCUT2D eigenvalue weighted by Crippen LogP contribution is 2.24. The lowest BCUT2D eigenvalue weighted by Crippen LogP contribution is -2.40. The Morgan fingerprint density at radius 2 is 1.86 bits per heavy atom. The minimum atomic E-state index is -0.517. The fourth-order valence-corrected chi connectivity index (χ4v) is 3.60. The van der Waals surface area contributed by atoms with Crippen molar-refractivity contribution in [2.75, 3.05) is 5.75 Å². The van der Waals surface area contributed by atoms with E-state index in [1.54, 1.807) is 0 Å². The number of aryl methyl sites for hydroxylation is 1. The lowest BCUT2D eigenvalue weighted by atomic mass is 10.1. The Hall–Kier alpha value is -3.13. The topological polar surface area (TPSA) is 88.9 Å². The monoisotopic (exact) mass is 409 g/mol. The van der Waals surface area contributed by atoms with Crippen molar-refractivity contribution < 1.29 is 9.59 Å². The van der Waals surface area contributed by atoms with Crippen molar-refractivity contribution in [2.45, 2.75) is 32.1 Å². The van der Waals surface area contributed by atoms with E-state index < -0.39 is 6.03 Å². The fraction of sp³-hybridized carbons (Fsp3) is 0.238. The Morgan fingerprint density at radius 3 is 2.59 bits per heavy atom. The van der Waals surface area contributed by atoms with Gasteiger partial charge in [-0.25, -0.2) is 4.79 Å². The van der Waals surface area contributed by atoms with Crippen molar-refractivity contribution >= 4 is 23.7 Å². The molecule has 2 N–H and O–H groups in total. The van der Waals surface area contributed by atoms with Crippen LogP contribution < -0.4 is 10.6 Å². The van der Waals surface area contributed by atoms with E-state index in [4.69, 9.17) is 0 Å². The number of urea groups is 1. The van der Waals surface area contributed by atoms with E-state index in [0.717, 1.165) is 22.5 Å². The number of carbonyl (C=O) groups excluding carboxylic acids is 2. The van der Waals surface area contributed by atoms with Gasteiger partial charge in [0.05, 0.1) is 5.75 Å². The summed E-state index contributed by atoms with van der Waals surface area (Å²) in [7, 11) is 0. The van der Waals surface area contributed by atoms with Gasteiger partial charge in [-0.1, -0.05) is 65.9 Å². The Kier molecular flexibility index (Phi) is 7.02. The van der Waals surface area contributed by atoms with Gasteiger partial charge in [0.2, 0.25) is 5.91 Å². The van der Waals surface area contributed by atoms with Crippen molar-refractivity contribution in [1.82, 2.24) is 25.4 Å². The van der Waals surface area contributed by atoms with Gasteiger partial charge in [-0.05, 0) is 25.5 Å². The molecule has 3 aromatic rings. The van der Waals surface area contributed by atoms with Crippen LogP contribution in [0.1, 0.15) is 18.1 Å². The summed E-state index contributed by atoms with van der Waals surface area (Å²) in [4.78, 5) is 24.0. The Balaban J connectivity index is 1.54. The van der Waals surface area contributed by atoms with Gasteiger partial charge in [-0.3, -0.25) is 10.1 Å². The molecule has 29 heavy (non-hydrogen) atoms. The molecule has 0 atom stereocenters. The van der Waals surface area contributed by atoms with Gasteiger partial charge >= 0.3 is 6.03 Å². The van der Waals surface area contributed by atoms with Crippen LogP contribution in [-0.2, 0) is 17.9 Å². The average molecular weight is 410 g/mol. The summed E-state index contributed by atoms with van der Waals surface area (Å²) in [6.45, 7) is 5.07. The summed E-state index contributed by atoms with van der Waals surface area (Å²) in [5.74, 6) is 0.452. The second-order valence-corrected chi connectivity index (χ2v) is 7.37. The maximum atomic E-state index is 12.1. The maximum Gasteiger partial charge on any atom is 0.321 e. The van der Waals surface area contributed by atoms with Gasteiger partial charge in [-0.15, -0.1) is 10.2 Å². The van der Waals surface area contributed by atoms with Crippen LogP contribution in [0.25, 0.3) is 11.4 Å². The molecule has 3 amide bonds. The van der Waals surface area contributed by atoms with E-state index in [1.165, 1.54) is 11.8 Å². The Labute approximate surface area is 173 Å². The Bertz CT molecular complexity index is 988. The summed E-state index contributed by atoms with van der Waals surface area (Å²) >= 11 is 1.25. The molecule has 0 radical (unpaired) electrons. The SMILES string of the molecule is CCn1c(SCC(=O)NC(=O)NCc2ccccc2)nnc1-c1cccc(C)c1. The summed E-state index contributed by atoms with van der Waals surface area (Å²) in [6.07, 6.45) is 0. The van der Waals surface area contributed by atoms with Crippen LogP contribution in [0.3, 0.4) is 0 Å². The zero-order chi connectivity index (χ0) is 20.6. The third kappa shape index (κ3) is 5.68. The zero-order valence-corrected chi connectivity index (χ0v) is 17.2. The van der Waals surface area contributed by atoms with E-state index in [1.807, 2.05) is 66.9 Å². The molecule has 0 spiro atoms. The maximum absolute atomic E-state index is 12.1. The molecule has 0 aliphatic rings. The predicted octanol–water partition coefficient (Wildman–Crippen LogP) is 3.39. The van der Waals surface area contributed by atoms with Crippen molar-refractivity contribution in [3.63, 3.8) is 0 Å². The number of rotatable bonds is 7. The zero-order valence-electron chi connectivity index (χ0n) is 16.4. The highest BCUT2D eigenvalue weighted by atomic mass is 32.2. The third-order valence-electron chi connectivity index (χ3n) is 4.19. The highest BCUT2D eigenvalue weighted by Gasteiger charge is 2.15. The lowest BCUT2D eigenvalue weighted by molar-refractivity contribution is -0.117. The quantitative estimate of drug-likeness (QED) is 0.584. The number of hydrogen-bond donors (Lipinski definition) is 2. The number of nitrogens with one attached hydrogen (secondary N) is 2. The van der Waals surface area contributed by atoms with E-state index in [-0.39, 0.29) is 11.7 Å². The Morgan fingerprint density at radius 1 is 1.07 bits per heavy atom. The second kappa shape index (κ2) is 9.88. The molecule has 0 saturated carbocycles. The molecule has 0 saturated heterocycles. The molecule has 0 fully saturated rings. The molecule has 0 bridgehead atoms. The molecular weight excluding hydrogens is 386 g/mol. The standard InChI is InChI=1S/C21H23N5O2S/c1-3-26-19(17-11-7-8-15(2)12-17)24-25-21(26)29-14-18(27)23-20(28)22-13-16-9-5-4-6-10-16/h4-12H,3,13-14H2,1-2H3,(H2,22,23,27,28). The summed E-state index contributed by atoms with van der Waals surface area (Å²) in [6, 6.07) is 17.0. The molecule has 8 heteroatoms. The number of benzene rings is 2. The molecule has 3 rings (SSSR count). The van der Waals surface area contributed by atoms with Crippen LogP contribution in [0.2, 0.25) is 0 Å². The number of nitrogens with zero attached hydrogens (tertiary/aromatic N) is 3. The molecule has 1 aromatic heterocycles. The van der Waals surface area contributed by atoms with Crippen LogP contribution in [0.5, 0.6) is 0 Å². The van der Waals surface area contributed by atoms with Crippen molar-refractivity contribution in [3.05, 3.63) is 65.7 Å². The second-order valence-electron chi connectivity index (χ2n) is 6.43. The van der Waals surface area contributed by atoms with Gasteiger partial charge in [0, 0.05) is 18.7 Å². The number of carbonyl (C=O) groups is 2. The summed E-state index contributed by atoms with van der Waals surface area (Å²) in [5, 5.41) is 14.1. The minimum Gasteiger partial charge on any atom is -0.334 e. The number of aromatic nitrogens is 3. The first kappa shape index (κ1) is 20.6. The first-order valence-corrected chi connectivity index (χ1v) is 10.3. The largest absolute Gasteiger partial charge is 0.334 e. The molecule has 1 heterocycles. The van der Waals surface area contributed by atoms with Gasteiger partial charge in [-0.2, -0.15) is 0 Å².